The summed E-state index contributed by atoms with van der Waals surface area (Å²) in [6.45, 7) is 3.91. The van der Waals surface area contributed by atoms with Crippen molar-refractivity contribution in [1.82, 2.24) is 5.32 Å². The summed E-state index contributed by atoms with van der Waals surface area (Å²) in [6.07, 6.45) is 3.48. The molecule has 0 saturated carbocycles. The average Bonchev–Trinajstić information content (AvgIpc) is 2.85. The van der Waals surface area contributed by atoms with Gasteiger partial charge in [0.1, 0.15) is 5.76 Å². The van der Waals surface area contributed by atoms with Crippen molar-refractivity contribution in [2.75, 3.05) is 0 Å². The molecular formula is C16H19NO2. The van der Waals surface area contributed by atoms with Crippen LogP contribution in [0, 0.1) is 6.92 Å². The standard InChI is InChI=1S/C16H19NO2/c1-3-7-15(13-8-5-4-6-9-13)17-16(18)14-10-11-19-12(14)2/h4-6,8-11,15H,3,7H2,1-2H3,(H,17,18)/t15-/m1/s1. The van der Waals surface area contributed by atoms with Crippen LogP contribution < -0.4 is 5.32 Å². The molecule has 19 heavy (non-hydrogen) atoms. The normalized spacial score (nSPS) is 12.1. The first kappa shape index (κ1) is 13.4. The molecule has 1 heterocycles. The van der Waals surface area contributed by atoms with Crippen LogP contribution in [0.25, 0.3) is 0 Å². The maximum absolute atomic E-state index is 12.2. The van der Waals surface area contributed by atoms with Gasteiger partial charge in [0, 0.05) is 0 Å². The highest BCUT2D eigenvalue weighted by Gasteiger charge is 2.17. The molecule has 0 spiro atoms. The van der Waals surface area contributed by atoms with E-state index in [-0.39, 0.29) is 11.9 Å². The van der Waals surface area contributed by atoms with E-state index in [1.807, 2.05) is 30.3 Å². The Hall–Kier alpha value is -2.03. The van der Waals surface area contributed by atoms with Gasteiger partial charge in [0.2, 0.25) is 0 Å². The third-order valence-corrected chi connectivity index (χ3v) is 3.19. The Labute approximate surface area is 113 Å². The van der Waals surface area contributed by atoms with Gasteiger partial charge in [-0.05, 0) is 25.0 Å². The van der Waals surface area contributed by atoms with Crippen LogP contribution >= 0.6 is 0 Å². The number of hydrogen-bond donors (Lipinski definition) is 1. The second-order valence-electron chi connectivity index (χ2n) is 4.62. The zero-order valence-electron chi connectivity index (χ0n) is 11.3. The molecule has 2 rings (SSSR count). The SMILES string of the molecule is CCC[C@@H](NC(=O)c1ccoc1C)c1ccccc1. The van der Waals surface area contributed by atoms with Crippen molar-refractivity contribution in [2.45, 2.75) is 32.7 Å². The molecule has 100 valence electrons. The molecule has 0 aliphatic rings. The van der Waals surface area contributed by atoms with Crippen LogP contribution in [0.1, 0.15) is 47.5 Å². The Kier molecular flexibility index (Phi) is 4.39. The Morgan fingerprint density at radius 3 is 2.58 bits per heavy atom. The number of benzene rings is 1. The zero-order valence-corrected chi connectivity index (χ0v) is 11.3. The summed E-state index contributed by atoms with van der Waals surface area (Å²) >= 11 is 0. The molecule has 1 N–H and O–H groups in total. The Bertz CT molecular complexity index is 531. The number of hydrogen-bond acceptors (Lipinski definition) is 2. The number of nitrogens with one attached hydrogen (secondary N) is 1. The summed E-state index contributed by atoms with van der Waals surface area (Å²) in [5.41, 5.74) is 1.75. The Morgan fingerprint density at radius 2 is 2.00 bits per heavy atom. The van der Waals surface area contributed by atoms with Gasteiger partial charge in [-0.3, -0.25) is 4.79 Å². The van der Waals surface area contributed by atoms with E-state index in [0.717, 1.165) is 18.4 Å². The lowest BCUT2D eigenvalue weighted by Gasteiger charge is -2.18. The van der Waals surface area contributed by atoms with E-state index in [1.54, 1.807) is 19.3 Å². The van der Waals surface area contributed by atoms with E-state index in [2.05, 4.69) is 12.2 Å². The maximum Gasteiger partial charge on any atom is 0.255 e. The molecule has 0 fully saturated rings. The minimum atomic E-state index is -0.0754. The summed E-state index contributed by atoms with van der Waals surface area (Å²) in [5.74, 6) is 0.578. The molecule has 0 unspecified atom stereocenters. The van der Waals surface area contributed by atoms with Gasteiger partial charge < -0.3 is 9.73 Å². The first-order chi connectivity index (χ1) is 9.22. The lowest BCUT2D eigenvalue weighted by atomic mass is 10.0. The van der Waals surface area contributed by atoms with E-state index in [1.165, 1.54) is 0 Å². The molecule has 0 aliphatic heterocycles. The molecule has 1 aromatic heterocycles. The first-order valence-corrected chi connectivity index (χ1v) is 6.62. The summed E-state index contributed by atoms with van der Waals surface area (Å²) in [7, 11) is 0. The number of carbonyl (C=O) groups is 1. The van der Waals surface area contributed by atoms with Gasteiger partial charge in [0.05, 0.1) is 17.9 Å². The summed E-state index contributed by atoms with van der Waals surface area (Å²) in [6, 6.07) is 11.8. The van der Waals surface area contributed by atoms with Crippen LogP contribution in [0.5, 0.6) is 0 Å². The molecule has 1 amide bonds. The van der Waals surface area contributed by atoms with Crippen molar-refractivity contribution in [1.29, 1.82) is 0 Å². The highest BCUT2D eigenvalue weighted by atomic mass is 16.3. The van der Waals surface area contributed by atoms with E-state index in [4.69, 9.17) is 4.42 Å². The molecule has 3 heteroatoms. The van der Waals surface area contributed by atoms with E-state index >= 15 is 0 Å². The predicted molar refractivity (Wildman–Crippen MR) is 75.0 cm³/mol. The highest BCUT2D eigenvalue weighted by Crippen LogP contribution is 2.19. The van der Waals surface area contributed by atoms with Crippen molar-refractivity contribution < 1.29 is 9.21 Å². The van der Waals surface area contributed by atoms with Gasteiger partial charge in [-0.1, -0.05) is 43.7 Å². The quantitative estimate of drug-likeness (QED) is 0.883. The number of aryl methyl sites for hydroxylation is 1. The monoisotopic (exact) mass is 257 g/mol. The second kappa shape index (κ2) is 6.23. The van der Waals surface area contributed by atoms with E-state index < -0.39 is 0 Å². The molecule has 0 radical (unpaired) electrons. The smallest absolute Gasteiger partial charge is 0.255 e. The summed E-state index contributed by atoms with van der Waals surface area (Å²) in [5, 5.41) is 3.08. The zero-order chi connectivity index (χ0) is 13.7. The summed E-state index contributed by atoms with van der Waals surface area (Å²) in [4.78, 5) is 12.2. The van der Waals surface area contributed by atoms with Crippen LogP contribution in [0.3, 0.4) is 0 Å². The summed E-state index contributed by atoms with van der Waals surface area (Å²) < 4.78 is 5.17. The number of amides is 1. The molecule has 1 atom stereocenters. The molecular weight excluding hydrogens is 238 g/mol. The minimum absolute atomic E-state index is 0.0491. The fourth-order valence-electron chi connectivity index (χ4n) is 2.15. The van der Waals surface area contributed by atoms with Gasteiger partial charge in [0.15, 0.2) is 0 Å². The first-order valence-electron chi connectivity index (χ1n) is 6.62. The third-order valence-electron chi connectivity index (χ3n) is 3.19. The molecule has 3 nitrogen and oxygen atoms in total. The van der Waals surface area contributed by atoms with Gasteiger partial charge in [-0.25, -0.2) is 0 Å². The van der Waals surface area contributed by atoms with Gasteiger partial charge in [-0.2, -0.15) is 0 Å². The van der Waals surface area contributed by atoms with Crippen LogP contribution in [0.15, 0.2) is 47.1 Å². The Balaban J connectivity index is 2.14. The number of rotatable bonds is 5. The van der Waals surface area contributed by atoms with Crippen molar-refractivity contribution >= 4 is 5.91 Å². The molecule has 0 saturated heterocycles. The largest absolute Gasteiger partial charge is 0.469 e. The fourth-order valence-corrected chi connectivity index (χ4v) is 2.15. The van der Waals surface area contributed by atoms with Gasteiger partial charge in [0.25, 0.3) is 5.91 Å². The average molecular weight is 257 g/mol. The van der Waals surface area contributed by atoms with Crippen LogP contribution in [0.2, 0.25) is 0 Å². The Morgan fingerprint density at radius 1 is 1.26 bits per heavy atom. The number of furan rings is 1. The second-order valence-corrected chi connectivity index (χ2v) is 4.62. The lowest BCUT2D eigenvalue weighted by Crippen LogP contribution is -2.28. The van der Waals surface area contributed by atoms with Crippen molar-refractivity contribution in [3.63, 3.8) is 0 Å². The third kappa shape index (κ3) is 3.25. The molecule has 2 aromatic rings. The molecule has 1 aromatic carbocycles. The van der Waals surface area contributed by atoms with Crippen LogP contribution in [-0.2, 0) is 0 Å². The highest BCUT2D eigenvalue weighted by molar-refractivity contribution is 5.95. The van der Waals surface area contributed by atoms with E-state index in [9.17, 15) is 4.79 Å². The van der Waals surface area contributed by atoms with Crippen LogP contribution in [-0.4, -0.2) is 5.91 Å². The topological polar surface area (TPSA) is 42.2 Å². The van der Waals surface area contributed by atoms with Gasteiger partial charge in [-0.15, -0.1) is 0 Å². The van der Waals surface area contributed by atoms with Crippen molar-refractivity contribution in [3.05, 3.63) is 59.5 Å². The maximum atomic E-state index is 12.2. The van der Waals surface area contributed by atoms with Gasteiger partial charge >= 0.3 is 0 Å². The fraction of sp³-hybridized carbons (Fsp3) is 0.312. The van der Waals surface area contributed by atoms with Crippen molar-refractivity contribution in [3.8, 4) is 0 Å². The minimum Gasteiger partial charge on any atom is -0.469 e. The predicted octanol–water partition coefficient (Wildman–Crippen LogP) is 3.86. The lowest BCUT2D eigenvalue weighted by molar-refractivity contribution is 0.0933. The van der Waals surface area contributed by atoms with Crippen LogP contribution in [0.4, 0.5) is 0 Å². The van der Waals surface area contributed by atoms with E-state index in [0.29, 0.717) is 11.3 Å². The van der Waals surface area contributed by atoms with Crippen molar-refractivity contribution in [2.24, 2.45) is 0 Å². The molecule has 0 bridgehead atoms. The molecule has 0 aliphatic carbocycles. The number of carbonyl (C=O) groups excluding carboxylic acids is 1.